The van der Waals surface area contributed by atoms with Crippen molar-refractivity contribution in [3.05, 3.63) is 135 Å². The van der Waals surface area contributed by atoms with E-state index in [1.54, 1.807) is 12.1 Å². The fourth-order valence-corrected chi connectivity index (χ4v) is 4.97. The molecule has 0 heterocycles. The van der Waals surface area contributed by atoms with Gasteiger partial charge in [-0.05, 0) is 65.3 Å². The molecule has 0 aliphatic rings. The second-order valence-corrected chi connectivity index (χ2v) is 9.47. The number of nitrogens with one attached hydrogen (secondary N) is 1. The fourth-order valence-electron chi connectivity index (χ4n) is 4.34. The molecular weight excluding hydrogens is 494 g/mol. The van der Waals surface area contributed by atoms with Crippen LogP contribution in [0.25, 0.3) is 0 Å². The summed E-state index contributed by atoms with van der Waals surface area (Å²) in [6, 6.07) is 33.6. The minimum absolute atomic E-state index is 0.107. The number of benzene rings is 4. The van der Waals surface area contributed by atoms with Gasteiger partial charge in [-0.3, -0.25) is 0 Å². The molecule has 0 aliphatic heterocycles. The van der Waals surface area contributed by atoms with Gasteiger partial charge in [-0.1, -0.05) is 106 Å². The molecule has 2 N–H and O–H groups in total. The number of halogens is 2. The third-order valence-corrected chi connectivity index (χ3v) is 6.94. The maximum absolute atomic E-state index is 10.7. The van der Waals surface area contributed by atoms with E-state index in [9.17, 15) is 10.5 Å². The van der Waals surface area contributed by atoms with Crippen LogP contribution in [0.2, 0.25) is 5.02 Å². The van der Waals surface area contributed by atoms with Gasteiger partial charge < -0.3 is 10.5 Å². The van der Waals surface area contributed by atoms with E-state index < -0.39 is 0 Å². The Bertz CT molecular complexity index is 1190. The maximum Gasteiger partial charge on any atom is 0.119 e. The van der Waals surface area contributed by atoms with Crippen molar-refractivity contribution in [3.8, 4) is 5.75 Å². The number of hydrogen-bond donors (Lipinski definition) is 2. The second-order valence-electron chi connectivity index (χ2n) is 8.18. The van der Waals surface area contributed by atoms with Crippen LogP contribution in [0.1, 0.15) is 40.5 Å². The first kappa shape index (κ1) is 23.3. The average Bonchev–Trinajstić information content (AvgIpc) is 2.83. The van der Waals surface area contributed by atoms with Crippen LogP contribution >= 0.6 is 27.5 Å². The zero-order chi connectivity index (χ0) is 23.2. The molecule has 2 nitrogen and oxygen atoms in total. The van der Waals surface area contributed by atoms with Crippen molar-refractivity contribution in [2.24, 2.45) is 0 Å². The van der Waals surface area contributed by atoms with Gasteiger partial charge in [0.25, 0.3) is 0 Å². The molecule has 0 aliphatic carbocycles. The van der Waals surface area contributed by atoms with Crippen LogP contribution in [-0.4, -0.2) is 10.8 Å². The molecule has 1 atom stereocenters. The predicted molar refractivity (Wildman–Crippen MR) is 141 cm³/mol. The maximum atomic E-state index is 10.7. The van der Waals surface area contributed by atoms with Crippen LogP contribution < -0.4 is 0 Å². The molecule has 0 fully saturated rings. The molecule has 0 saturated carbocycles. The predicted octanol–water partition coefficient (Wildman–Crippen LogP) is 8.38. The highest BCUT2D eigenvalue weighted by molar-refractivity contribution is 9.10. The zero-order valence-corrected chi connectivity index (χ0v) is 20.4. The summed E-state index contributed by atoms with van der Waals surface area (Å²) in [6.45, 7) is 0. The normalized spacial score (nSPS) is 12.0. The number of phenolic OH excluding ortho intramolecular Hbond substituents is 1. The summed E-state index contributed by atoms with van der Waals surface area (Å²) in [4.78, 5) is 0. The lowest BCUT2D eigenvalue weighted by Crippen LogP contribution is -2.18. The first-order valence-corrected chi connectivity index (χ1v) is 12.1. The SMILES string of the molecule is N=C(CC(Cc1ccccc1Br)c1cc(Cl)ccc1O)C(c1ccccc1)c1ccccc1. The van der Waals surface area contributed by atoms with Gasteiger partial charge in [0.1, 0.15) is 5.75 Å². The molecule has 0 saturated heterocycles. The molecule has 4 aromatic rings. The number of rotatable bonds is 8. The number of aromatic hydroxyl groups is 1. The Morgan fingerprint density at radius 3 is 2.00 bits per heavy atom. The summed E-state index contributed by atoms with van der Waals surface area (Å²) in [6.07, 6.45) is 1.16. The molecule has 0 radical (unpaired) electrons. The summed E-state index contributed by atoms with van der Waals surface area (Å²) < 4.78 is 1.02. The highest BCUT2D eigenvalue weighted by Crippen LogP contribution is 2.37. The minimum atomic E-state index is -0.157. The van der Waals surface area contributed by atoms with Crippen LogP contribution in [0.5, 0.6) is 5.75 Å². The van der Waals surface area contributed by atoms with Gasteiger partial charge in [0.15, 0.2) is 0 Å². The molecule has 33 heavy (non-hydrogen) atoms. The van der Waals surface area contributed by atoms with Gasteiger partial charge in [-0.15, -0.1) is 0 Å². The lowest BCUT2D eigenvalue weighted by atomic mass is 9.80. The summed E-state index contributed by atoms with van der Waals surface area (Å²) >= 11 is 9.97. The van der Waals surface area contributed by atoms with Gasteiger partial charge in [0, 0.05) is 21.1 Å². The van der Waals surface area contributed by atoms with Crippen LogP contribution in [-0.2, 0) is 6.42 Å². The summed E-state index contributed by atoms with van der Waals surface area (Å²) in [7, 11) is 0. The summed E-state index contributed by atoms with van der Waals surface area (Å²) in [5, 5.41) is 20.5. The van der Waals surface area contributed by atoms with Crippen molar-refractivity contribution < 1.29 is 5.11 Å². The zero-order valence-electron chi connectivity index (χ0n) is 18.1. The Labute approximate surface area is 208 Å². The largest absolute Gasteiger partial charge is 0.508 e. The quantitative estimate of drug-likeness (QED) is 0.226. The molecule has 0 amide bonds. The van der Waals surface area contributed by atoms with Crippen molar-refractivity contribution in [3.63, 3.8) is 0 Å². The molecule has 166 valence electrons. The van der Waals surface area contributed by atoms with E-state index in [0.29, 0.717) is 23.6 Å². The third kappa shape index (κ3) is 5.73. The van der Waals surface area contributed by atoms with Gasteiger partial charge >= 0.3 is 0 Å². The highest BCUT2D eigenvalue weighted by atomic mass is 79.9. The van der Waals surface area contributed by atoms with E-state index in [4.69, 9.17) is 11.6 Å². The monoisotopic (exact) mass is 517 g/mol. The molecule has 4 heteroatoms. The van der Waals surface area contributed by atoms with Gasteiger partial charge in [0.2, 0.25) is 0 Å². The van der Waals surface area contributed by atoms with E-state index in [0.717, 1.165) is 26.7 Å². The molecule has 0 aromatic heterocycles. The topological polar surface area (TPSA) is 44.1 Å². The molecular formula is C29H25BrClNO. The van der Waals surface area contributed by atoms with Crippen molar-refractivity contribution >= 4 is 33.2 Å². The van der Waals surface area contributed by atoms with E-state index in [1.807, 2.05) is 60.7 Å². The molecule has 4 aromatic carbocycles. The van der Waals surface area contributed by atoms with E-state index in [1.165, 1.54) is 0 Å². The summed E-state index contributed by atoms with van der Waals surface area (Å²) in [5.74, 6) is -0.0551. The second kappa shape index (κ2) is 10.8. The number of hydrogen-bond acceptors (Lipinski definition) is 2. The Hall–Kier alpha value is -2.88. The Balaban J connectivity index is 1.73. The van der Waals surface area contributed by atoms with E-state index in [-0.39, 0.29) is 17.6 Å². The lowest BCUT2D eigenvalue weighted by molar-refractivity contribution is 0.460. The first-order valence-electron chi connectivity index (χ1n) is 10.9. The first-order chi connectivity index (χ1) is 16.0. The molecule has 0 bridgehead atoms. The van der Waals surface area contributed by atoms with E-state index in [2.05, 4.69) is 46.3 Å². The Morgan fingerprint density at radius 2 is 1.39 bits per heavy atom. The Morgan fingerprint density at radius 1 is 0.818 bits per heavy atom. The average molecular weight is 519 g/mol. The highest BCUT2D eigenvalue weighted by Gasteiger charge is 2.25. The van der Waals surface area contributed by atoms with Crippen molar-refractivity contribution in [2.75, 3.05) is 0 Å². The Kier molecular flexibility index (Phi) is 7.64. The minimum Gasteiger partial charge on any atom is -0.508 e. The number of phenols is 1. The van der Waals surface area contributed by atoms with Crippen molar-refractivity contribution in [1.29, 1.82) is 5.41 Å². The molecule has 1 unspecified atom stereocenters. The van der Waals surface area contributed by atoms with Gasteiger partial charge in [0.05, 0.1) is 0 Å². The van der Waals surface area contributed by atoms with Crippen LogP contribution in [0.4, 0.5) is 0 Å². The summed E-state index contributed by atoms with van der Waals surface area (Å²) in [5.41, 5.74) is 4.67. The fraction of sp³-hybridized carbons (Fsp3) is 0.138. The van der Waals surface area contributed by atoms with Crippen LogP contribution in [0.15, 0.2) is 108 Å². The lowest BCUT2D eigenvalue weighted by Gasteiger charge is -2.25. The van der Waals surface area contributed by atoms with E-state index >= 15 is 0 Å². The van der Waals surface area contributed by atoms with Crippen molar-refractivity contribution in [2.45, 2.75) is 24.7 Å². The van der Waals surface area contributed by atoms with Crippen molar-refractivity contribution in [1.82, 2.24) is 0 Å². The van der Waals surface area contributed by atoms with Gasteiger partial charge in [-0.2, -0.15) is 0 Å². The smallest absolute Gasteiger partial charge is 0.119 e. The third-order valence-electron chi connectivity index (χ3n) is 5.93. The van der Waals surface area contributed by atoms with Crippen LogP contribution in [0, 0.1) is 5.41 Å². The van der Waals surface area contributed by atoms with Gasteiger partial charge in [-0.25, -0.2) is 0 Å². The molecule has 4 rings (SSSR count). The standard InChI is InChI=1S/C29H25BrClNO/c30-26-14-8-7-13-22(26)17-23(25-19-24(31)15-16-28(25)33)18-27(32)29(20-9-3-1-4-10-20)21-11-5-2-6-12-21/h1-16,19,23,29,32-33H,17-18H2. The van der Waals surface area contributed by atoms with Crippen LogP contribution in [0.3, 0.4) is 0 Å². The molecule has 0 spiro atoms.